The highest BCUT2D eigenvalue weighted by molar-refractivity contribution is 7.93. The van der Waals surface area contributed by atoms with Gasteiger partial charge in [0, 0.05) is 0 Å². The van der Waals surface area contributed by atoms with E-state index in [2.05, 4.69) is 0 Å². The molecule has 0 aliphatic carbocycles. The Morgan fingerprint density at radius 3 is 2.25 bits per heavy atom. The van der Waals surface area contributed by atoms with Gasteiger partial charge in [0.25, 0.3) is 0 Å². The predicted molar refractivity (Wildman–Crippen MR) is 74.6 cm³/mol. The third-order valence-corrected chi connectivity index (χ3v) is 7.41. The van der Waals surface area contributed by atoms with Crippen LogP contribution < -0.4 is 0 Å². The average molecular weight is 298 g/mol. The minimum absolute atomic E-state index is 0.269. The lowest BCUT2D eigenvalue weighted by Crippen LogP contribution is -2.45. The molecule has 1 N–H and O–H groups in total. The largest absolute Gasteiger partial charge is 0.390 e. The molecule has 0 amide bonds. The van der Waals surface area contributed by atoms with Crippen molar-refractivity contribution in [1.82, 2.24) is 0 Å². The average Bonchev–Trinajstić information content (AvgIpc) is 2.59. The minimum Gasteiger partial charge on any atom is -0.390 e. The van der Waals surface area contributed by atoms with Crippen LogP contribution >= 0.6 is 0 Å². The number of fused-ring (bicyclic) bond motifs is 2. The van der Waals surface area contributed by atoms with Gasteiger partial charge in [0.1, 0.15) is 5.82 Å². The van der Waals surface area contributed by atoms with Gasteiger partial charge in [-0.1, -0.05) is 12.1 Å². The molecule has 2 aliphatic rings. The number of rotatable bonds is 3. The molecular formula is C15H19FO3S. The van der Waals surface area contributed by atoms with E-state index in [0.717, 1.165) is 5.56 Å². The van der Waals surface area contributed by atoms with Crippen molar-refractivity contribution in [1.29, 1.82) is 0 Å². The van der Waals surface area contributed by atoms with E-state index in [9.17, 15) is 17.9 Å². The second kappa shape index (κ2) is 4.81. The summed E-state index contributed by atoms with van der Waals surface area (Å²) in [6.45, 7) is 0. The number of hydrogen-bond donors (Lipinski definition) is 1. The van der Waals surface area contributed by atoms with Crippen molar-refractivity contribution < 1.29 is 17.9 Å². The van der Waals surface area contributed by atoms with Crippen LogP contribution in [0.3, 0.4) is 0 Å². The molecule has 3 rings (SSSR count). The van der Waals surface area contributed by atoms with E-state index in [0.29, 0.717) is 38.5 Å². The van der Waals surface area contributed by atoms with E-state index in [1.54, 1.807) is 12.1 Å². The molecule has 1 aromatic rings. The zero-order valence-electron chi connectivity index (χ0n) is 11.3. The lowest BCUT2D eigenvalue weighted by Gasteiger charge is -2.36. The molecular weight excluding hydrogens is 279 g/mol. The van der Waals surface area contributed by atoms with Gasteiger partial charge in [-0.2, -0.15) is 0 Å². The maximum absolute atomic E-state index is 12.8. The van der Waals surface area contributed by atoms with E-state index < -0.39 is 15.4 Å². The second-order valence-corrected chi connectivity index (χ2v) is 8.68. The quantitative estimate of drug-likeness (QED) is 0.931. The van der Waals surface area contributed by atoms with Gasteiger partial charge in [-0.05, 0) is 56.2 Å². The Balaban J connectivity index is 1.68. The third-order valence-electron chi connectivity index (χ3n) is 4.75. The maximum atomic E-state index is 12.8. The van der Waals surface area contributed by atoms with Crippen LogP contribution in [0.1, 0.15) is 37.7 Å². The fourth-order valence-electron chi connectivity index (χ4n) is 3.57. The second-order valence-electron chi connectivity index (χ2n) is 6.17. The van der Waals surface area contributed by atoms with Gasteiger partial charge in [-0.25, -0.2) is 12.8 Å². The van der Waals surface area contributed by atoms with Crippen LogP contribution in [-0.2, 0) is 16.3 Å². The number of halogens is 1. The molecule has 0 aromatic heterocycles. The molecule has 2 fully saturated rings. The molecule has 110 valence electrons. The van der Waals surface area contributed by atoms with Crippen molar-refractivity contribution in [3.8, 4) is 0 Å². The molecule has 5 heteroatoms. The zero-order chi connectivity index (χ0) is 14.4. The molecule has 3 nitrogen and oxygen atoms in total. The first kappa shape index (κ1) is 14.0. The summed E-state index contributed by atoms with van der Waals surface area (Å²) in [4.78, 5) is 0. The zero-order valence-corrected chi connectivity index (χ0v) is 12.1. The Morgan fingerprint density at radius 2 is 1.70 bits per heavy atom. The summed E-state index contributed by atoms with van der Waals surface area (Å²) in [5.41, 5.74) is 0.0894. The topological polar surface area (TPSA) is 54.4 Å². The Kier molecular flexibility index (Phi) is 3.37. The van der Waals surface area contributed by atoms with Crippen LogP contribution in [0.15, 0.2) is 24.3 Å². The van der Waals surface area contributed by atoms with Crippen LogP contribution in [0.25, 0.3) is 0 Å². The summed E-state index contributed by atoms with van der Waals surface area (Å²) in [6, 6.07) is 6.25. The van der Waals surface area contributed by atoms with E-state index in [1.807, 2.05) is 0 Å². The summed E-state index contributed by atoms with van der Waals surface area (Å²) >= 11 is 0. The molecule has 2 aliphatic heterocycles. The van der Waals surface area contributed by atoms with Crippen LogP contribution in [0.4, 0.5) is 4.39 Å². The molecule has 2 bridgehead atoms. The number of aryl methyl sites for hydroxylation is 1. The standard InChI is InChI=1S/C15H19FO3S/c16-12-3-1-11(2-4-12)7-8-15(17)9-13-5-6-14(10-15)20(13,18)19/h1-4,13-14,17H,5-10H2. The SMILES string of the molecule is O=S1(=O)C2CCC1CC(O)(CCc1ccc(F)cc1)C2. The van der Waals surface area contributed by atoms with Crippen molar-refractivity contribution >= 4 is 9.84 Å². The number of aliphatic hydroxyl groups is 1. The number of benzene rings is 1. The highest BCUT2D eigenvalue weighted by Gasteiger charge is 2.52. The predicted octanol–water partition coefficient (Wildman–Crippen LogP) is 2.23. The van der Waals surface area contributed by atoms with Crippen LogP contribution in [0, 0.1) is 5.82 Å². The summed E-state index contributed by atoms with van der Waals surface area (Å²) < 4.78 is 36.9. The molecule has 0 radical (unpaired) electrons. The van der Waals surface area contributed by atoms with Crippen LogP contribution in [-0.4, -0.2) is 29.6 Å². The van der Waals surface area contributed by atoms with Crippen molar-refractivity contribution in [3.63, 3.8) is 0 Å². The van der Waals surface area contributed by atoms with Gasteiger partial charge in [0.2, 0.25) is 0 Å². The fourth-order valence-corrected chi connectivity index (χ4v) is 6.13. The molecule has 20 heavy (non-hydrogen) atoms. The van der Waals surface area contributed by atoms with Crippen molar-refractivity contribution in [2.24, 2.45) is 0 Å². The summed E-state index contributed by atoms with van der Waals surface area (Å²) in [5.74, 6) is -0.269. The Bertz CT molecular complexity index is 574. The normalized spacial score (nSPS) is 35.1. The van der Waals surface area contributed by atoms with Gasteiger partial charge in [-0.15, -0.1) is 0 Å². The molecule has 2 saturated heterocycles. The van der Waals surface area contributed by atoms with E-state index in [1.165, 1.54) is 12.1 Å². The van der Waals surface area contributed by atoms with Crippen molar-refractivity contribution in [2.45, 2.75) is 54.6 Å². The van der Waals surface area contributed by atoms with Gasteiger partial charge in [0.15, 0.2) is 9.84 Å². The molecule has 2 heterocycles. The smallest absolute Gasteiger partial charge is 0.156 e. The molecule has 2 unspecified atom stereocenters. The van der Waals surface area contributed by atoms with Crippen molar-refractivity contribution in [2.75, 3.05) is 0 Å². The number of hydrogen-bond acceptors (Lipinski definition) is 3. The van der Waals surface area contributed by atoms with Gasteiger partial charge >= 0.3 is 0 Å². The lowest BCUT2D eigenvalue weighted by atomic mass is 9.87. The molecule has 0 saturated carbocycles. The Labute approximate surface area is 118 Å². The summed E-state index contributed by atoms with van der Waals surface area (Å²) in [7, 11) is -3.00. The monoisotopic (exact) mass is 298 g/mol. The van der Waals surface area contributed by atoms with Gasteiger partial charge in [-0.3, -0.25) is 0 Å². The van der Waals surface area contributed by atoms with E-state index in [4.69, 9.17) is 0 Å². The van der Waals surface area contributed by atoms with Gasteiger partial charge < -0.3 is 5.11 Å². The lowest BCUT2D eigenvalue weighted by molar-refractivity contribution is 0.0135. The highest BCUT2D eigenvalue weighted by Crippen LogP contribution is 2.44. The first-order valence-electron chi connectivity index (χ1n) is 7.09. The minimum atomic E-state index is -3.00. The first-order chi connectivity index (χ1) is 9.39. The fraction of sp³-hybridized carbons (Fsp3) is 0.600. The highest BCUT2D eigenvalue weighted by atomic mass is 32.2. The molecule has 0 spiro atoms. The van der Waals surface area contributed by atoms with E-state index in [-0.39, 0.29) is 16.3 Å². The molecule has 2 atom stereocenters. The molecule has 1 aromatic carbocycles. The third kappa shape index (κ3) is 2.49. The summed E-state index contributed by atoms with van der Waals surface area (Å²) in [5, 5.41) is 9.94. The van der Waals surface area contributed by atoms with Crippen LogP contribution in [0.2, 0.25) is 0 Å². The first-order valence-corrected chi connectivity index (χ1v) is 8.70. The van der Waals surface area contributed by atoms with Crippen molar-refractivity contribution in [3.05, 3.63) is 35.6 Å². The number of sulfone groups is 1. The Hall–Kier alpha value is -0.940. The van der Waals surface area contributed by atoms with E-state index >= 15 is 0 Å². The van der Waals surface area contributed by atoms with Crippen LogP contribution in [0.5, 0.6) is 0 Å². The van der Waals surface area contributed by atoms with Gasteiger partial charge in [0.05, 0.1) is 16.1 Å². The summed E-state index contributed by atoms with van der Waals surface area (Å²) in [6.07, 6.45) is 3.27. The Morgan fingerprint density at radius 1 is 1.15 bits per heavy atom. The maximum Gasteiger partial charge on any atom is 0.156 e.